The molecule has 0 aliphatic rings. The van der Waals surface area contributed by atoms with Gasteiger partial charge in [-0.05, 0) is 60.5 Å². The third-order valence-corrected chi connectivity index (χ3v) is 4.07. The Balaban J connectivity index is 2.17. The second-order valence-corrected chi connectivity index (χ2v) is 6.24. The van der Waals surface area contributed by atoms with Crippen molar-refractivity contribution in [3.8, 4) is 28.1 Å². The van der Waals surface area contributed by atoms with Gasteiger partial charge in [-0.3, -0.25) is 0 Å². The van der Waals surface area contributed by atoms with Gasteiger partial charge in [-0.25, -0.2) is 9.37 Å². The van der Waals surface area contributed by atoms with Gasteiger partial charge in [0.25, 0.3) is 0 Å². The summed E-state index contributed by atoms with van der Waals surface area (Å²) in [5.74, 6) is 0.527. The molecule has 0 amide bonds. The van der Waals surface area contributed by atoms with E-state index in [1.165, 1.54) is 12.1 Å². The van der Waals surface area contributed by atoms with Crippen molar-refractivity contribution in [1.82, 2.24) is 4.98 Å². The average Bonchev–Trinajstić information content (AvgIpc) is 2.57. The van der Waals surface area contributed by atoms with Crippen molar-refractivity contribution in [2.24, 2.45) is 0 Å². The molecule has 0 spiro atoms. The first-order valence-electron chi connectivity index (χ1n) is 7.57. The van der Waals surface area contributed by atoms with Gasteiger partial charge in [0.15, 0.2) is 0 Å². The number of aromatic nitrogens is 1. The Labute approximate surface area is 148 Å². The Morgan fingerprint density at radius 1 is 1.08 bits per heavy atom. The van der Waals surface area contributed by atoms with Crippen LogP contribution in [0.5, 0.6) is 5.75 Å². The topological polar surface area (TPSA) is 45.1 Å². The van der Waals surface area contributed by atoms with Gasteiger partial charge in [0, 0.05) is 16.6 Å². The largest absolute Gasteiger partial charge is 0.507 e. The average molecular weight is 387 g/mol. The van der Waals surface area contributed by atoms with Crippen molar-refractivity contribution in [3.05, 3.63) is 64.9 Å². The van der Waals surface area contributed by atoms with Crippen LogP contribution in [-0.4, -0.2) is 16.6 Å². The van der Waals surface area contributed by atoms with Crippen LogP contribution in [0.2, 0.25) is 0 Å². The fourth-order valence-electron chi connectivity index (χ4n) is 2.49. The van der Waals surface area contributed by atoms with Crippen LogP contribution in [0.1, 0.15) is 6.92 Å². The molecule has 0 aliphatic heterocycles. The molecule has 3 rings (SSSR count). The molecule has 2 N–H and O–H groups in total. The lowest BCUT2D eigenvalue weighted by molar-refractivity contribution is 0.477. The number of hydrogen-bond donors (Lipinski definition) is 2. The zero-order chi connectivity index (χ0) is 17.1. The van der Waals surface area contributed by atoms with E-state index in [9.17, 15) is 9.50 Å². The molecule has 24 heavy (non-hydrogen) atoms. The molecule has 5 heteroatoms. The lowest BCUT2D eigenvalue weighted by Gasteiger charge is -2.12. The first kappa shape index (κ1) is 16.5. The number of pyridine rings is 1. The number of phenols is 1. The van der Waals surface area contributed by atoms with Crippen LogP contribution in [0.25, 0.3) is 22.4 Å². The summed E-state index contributed by atoms with van der Waals surface area (Å²) in [7, 11) is 0. The summed E-state index contributed by atoms with van der Waals surface area (Å²) in [6.45, 7) is 2.69. The second kappa shape index (κ2) is 7.01. The molecule has 0 aliphatic carbocycles. The number of phenolic OH excluding ortho intramolecular Hbond substituents is 1. The van der Waals surface area contributed by atoms with Gasteiger partial charge < -0.3 is 10.4 Å². The molecule has 0 saturated heterocycles. The first-order valence-corrected chi connectivity index (χ1v) is 8.37. The predicted octanol–water partition coefficient (Wildman–Crippen LogP) is 5.45. The highest BCUT2D eigenvalue weighted by Gasteiger charge is 2.11. The summed E-state index contributed by atoms with van der Waals surface area (Å²) in [5, 5.41) is 13.4. The molecule has 122 valence electrons. The van der Waals surface area contributed by atoms with Gasteiger partial charge in [0.1, 0.15) is 17.4 Å². The van der Waals surface area contributed by atoms with Crippen molar-refractivity contribution in [2.75, 3.05) is 11.9 Å². The molecule has 0 radical (unpaired) electrons. The molecular formula is C19H16BrFN2O. The third-order valence-electron chi connectivity index (χ3n) is 3.58. The highest BCUT2D eigenvalue weighted by molar-refractivity contribution is 9.10. The summed E-state index contributed by atoms with van der Waals surface area (Å²) in [6.07, 6.45) is 0. The van der Waals surface area contributed by atoms with Crippen molar-refractivity contribution in [2.45, 2.75) is 6.92 Å². The standard InChI is InChI=1S/C19H16BrFN2O/c1-2-22-19-10-13(12-4-3-5-15(21)8-12)9-17(23-19)16-11-14(20)6-7-18(16)24/h3-11,24H,2H2,1H3,(H,22,23). The Morgan fingerprint density at radius 3 is 2.67 bits per heavy atom. The van der Waals surface area contributed by atoms with Gasteiger partial charge >= 0.3 is 0 Å². The SMILES string of the molecule is CCNc1cc(-c2cccc(F)c2)cc(-c2cc(Br)ccc2O)n1. The predicted molar refractivity (Wildman–Crippen MR) is 98.6 cm³/mol. The van der Waals surface area contributed by atoms with Crippen molar-refractivity contribution in [3.63, 3.8) is 0 Å². The molecular weight excluding hydrogens is 371 g/mol. The Hall–Kier alpha value is -2.40. The number of nitrogens with one attached hydrogen (secondary N) is 1. The highest BCUT2D eigenvalue weighted by Crippen LogP contribution is 2.34. The van der Waals surface area contributed by atoms with Crippen LogP contribution >= 0.6 is 15.9 Å². The van der Waals surface area contributed by atoms with E-state index in [4.69, 9.17) is 0 Å². The van der Waals surface area contributed by atoms with E-state index >= 15 is 0 Å². The van der Waals surface area contributed by atoms with Crippen molar-refractivity contribution < 1.29 is 9.50 Å². The van der Waals surface area contributed by atoms with Gasteiger partial charge in [-0.1, -0.05) is 28.1 Å². The number of hydrogen-bond acceptors (Lipinski definition) is 3. The second-order valence-electron chi connectivity index (χ2n) is 5.33. The van der Waals surface area contributed by atoms with Crippen LogP contribution < -0.4 is 5.32 Å². The van der Waals surface area contributed by atoms with E-state index in [1.807, 2.05) is 31.2 Å². The van der Waals surface area contributed by atoms with Crippen LogP contribution in [-0.2, 0) is 0 Å². The lowest BCUT2D eigenvalue weighted by Crippen LogP contribution is -2.00. The van der Waals surface area contributed by atoms with E-state index in [-0.39, 0.29) is 11.6 Å². The van der Waals surface area contributed by atoms with E-state index in [0.29, 0.717) is 23.6 Å². The molecule has 2 aromatic carbocycles. The van der Waals surface area contributed by atoms with Crippen molar-refractivity contribution in [1.29, 1.82) is 0 Å². The minimum Gasteiger partial charge on any atom is -0.507 e. The first-order chi connectivity index (χ1) is 11.6. The summed E-state index contributed by atoms with van der Waals surface area (Å²) in [6, 6.07) is 15.3. The van der Waals surface area contributed by atoms with Crippen LogP contribution in [0.3, 0.4) is 0 Å². The maximum atomic E-state index is 13.6. The molecule has 0 bridgehead atoms. The zero-order valence-electron chi connectivity index (χ0n) is 13.1. The lowest BCUT2D eigenvalue weighted by atomic mass is 10.0. The number of anilines is 1. The van der Waals surface area contributed by atoms with E-state index in [1.54, 1.807) is 18.2 Å². The number of aromatic hydroxyl groups is 1. The third kappa shape index (κ3) is 3.57. The molecule has 0 unspecified atom stereocenters. The van der Waals surface area contributed by atoms with Crippen LogP contribution in [0, 0.1) is 5.82 Å². The zero-order valence-corrected chi connectivity index (χ0v) is 14.6. The van der Waals surface area contributed by atoms with Crippen molar-refractivity contribution >= 4 is 21.7 Å². The molecule has 0 atom stereocenters. The Bertz CT molecular complexity index is 883. The van der Waals surface area contributed by atoms with E-state index < -0.39 is 0 Å². The quantitative estimate of drug-likeness (QED) is 0.625. The van der Waals surface area contributed by atoms with E-state index in [0.717, 1.165) is 15.6 Å². The molecule has 3 aromatic rings. The normalized spacial score (nSPS) is 10.6. The fourth-order valence-corrected chi connectivity index (χ4v) is 2.85. The minimum atomic E-state index is -0.291. The van der Waals surface area contributed by atoms with Gasteiger partial charge in [0.05, 0.1) is 5.69 Å². The molecule has 1 aromatic heterocycles. The summed E-state index contributed by atoms with van der Waals surface area (Å²) < 4.78 is 14.4. The van der Waals surface area contributed by atoms with Crippen LogP contribution in [0.15, 0.2) is 59.1 Å². The number of rotatable bonds is 4. The van der Waals surface area contributed by atoms with E-state index in [2.05, 4.69) is 26.2 Å². The fraction of sp³-hybridized carbons (Fsp3) is 0.105. The van der Waals surface area contributed by atoms with Gasteiger partial charge in [0.2, 0.25) is 0 Å². The number of halogens is 2. The maximum Gasteiger partial charge on any atom is 0.127 e. The Morgan fingerprint density at radius 2 is 1.92 bits per heavy atom. The van der Waals surface area contributed by atoms with Gasteiger partial charge in [-0.2, -0.15) is 0 Å². The number of nitrogens with zero attached hydrogens (tertiary/aromatic N) is 1. The summed E-state index contributed by atoms with van der Waals surface area (Å²) >= 11 is 3.41. The summed E-state index contributed by atoms with van der Waals surface area (Å²) in [4.78, 5) is 4.56. The summed E-state index contributed by atoms with van der Waals surface area (Å²) in [5.41, 5.74) is 2.82. The monoisotopic (exact) mass is 386 g/mol. The van der Waals surface area contributed by atoms with Crippen LogP contribution in [0.4, 0.5) is 10.2 Å². The molecule has 1 heterocycles. The Kier molecular flexibility index (Phi) is 4.81. The highest BCUT2D eigenvalue weighted by atomic mass is 79.9. The number of benzene rings is 2. The minimum absolute atomic E-state index is 0.143. The molecule has 3 nitrogen and oxygen atoms in total. The maximum absolute atomic E-state index is 13.6. The molecule has 0 fully saturated rings. The smallest absolute Gasteiger partial charge is 0.127 e. The molecule has 0 saturated carbocycles. The van der Waals surface area contributed by atoms with Gasteiger partial charge in [-0.15, -0.1) is 0 Å².